The minimum Gasteiger partial charge on any atom is -0.503 e. The zero-order valence-electron chi connectivity index (χ0n) is 15.6. The molecule has 0 aliphatic carbocycles. The minimum atomic E-state index is -0.815. The predicted octanol–water partition coefficient (Wildman–Crippen LogP) is 2.65. The Kier molecular flexibility index (Phi) is 6.92. The Morgan fingerprint density at radius 2 is 2.04 bits per heavy atom. The van der Waals surface area contributed by atoms with Gasteiger partial charge in [-0.2, -0.15) is 0 Å². The number of allylic oxidation sites excluding steroid dienone is 1. The Morgan fingerprint density at radius 1 is 1.33 bits per heavy atom. The van der Waals surface area contributed by atoms with Crippen LogP contribution in [0.1, 0.15) is 32.4 Å². The Hall–Kier alpha value is -2.45. The lowest BCUT2D eigenvalue weighted by Gasteiger charge is -2.28. The van der Waals surface area contributed by atoms with Gasteiger partial charge >= 0.3 is 12.0 Å². The standard InChI is InChI=1S/C18H23ClN2O6/c1-9(2)26-5-6-27-17(23)14-10(3)20-18(24)21-15(14)11-7-12(19)16(22)13(8-11)25-4/h7-9,15,22H,5-6H2,1-4H3,(H2,20,21,24)/t15-/m0/s1. The van der Waals surface area contributed by atoms with Gasteiger partial charge < -0.3 is 30.0 Å². The van der Waals surface area contributed by atoms with Gasteiger partial charge in [-0.1, -0.05) is 11.6 Å². The molecule has 27 heavy (non-hydrogen) atoms. The van der Waals surface area contributed by atoms with Crippen molar-refractivity contribution >= 4 is 23.6 Å². The monoisotopic (exact) mass is 398 g/mol. The first-order valence-electron chi connectivity index (χ1n) is 8.38. The van der Waals surface area contributed by atoms with E-state index in [2.05, 4.69) is 10.6 Å². The molecule has 1 aromatic carbocycles. The van der Waals surface area contributed by atoms with E-state index in [9.17, 15) is 14.7 Å². The highest BCUT2D eigenvalue weighted by molar-refractivity contribution is 6.32. The first-order valence-corrected chi connectivity index (χ1v) is 8.75. The van der Waals surface area contributed by atoms with Crippen LogP contribution in [-0.2, 0) is 14.3 Å². The van der Waals surface area contributed by atoms with E-state index >= 15 is 0 Å². The SMILES string of the molecule is COc1cc([C@@H]2NC(=O)NC(C)=C2C(=O)OCCOC(C)C)cc(Cl)c1O. The van der Waals surface area contributed by atoms with E-state index in [0.717, 1.165) is 0 Å². The van der Waals surface area contributed by atoms with Crippen LogP contribution in [0.3, 0.4) is 0 Å². The number of halogens is 1. The first-order chi connectivity index (χ1) is 12.7. The molecule has 2 amide bonds. The van der Waals surface area contributed by atoms with Crippen LogP contribution in [0.25, 0.3) is 0 Å². The number of amides is 2. The van der Waals surface area contributed by atoms with Gasteiger partial charge in [-0.3, -0.25) is 0 Å². The van der Waals surface area contributed by atoms with Crippen molar-refractivity contribution in [1.82, 2.24) is 10.6 Å². The molecule has 0 fully saturated rings. The van der Waals surface area contributed by atoms with E-state index in [0.29, 0.717) is 11.3 Å². The fraction of sp³-hybridized carbons (Fsp3) is 0.444. The largest absolute Gasteiger partial charge is 0.503 e. The quantitative estimate of drug-likeness (QED) is 0.481. The fourth-order valence-corrected chi connectivity index (χ4v) is 2.85. The molecule has 0 aromatic heterocycles. The number of rotatable bonds is 7. The Labute approximate surface area is 162 Å². The molecule has 9 heteroatoms. The minimum absolute atomic E-state index is 0.0274. The second kappa shape index (κ2) is 8.96. The number of methoxy groups -OCH3 is 1. The summed E-state index contributed by atoms with van der Waals surface area (Å²) < 4.78 is 15.7. The third-order valence-corrected chi connectivity index (χ3v) is 4.15. The fourth-order valence-electron chi connectivity index (χ4n) is 2.63. The van der Waals surface area contributed by atoms with Gasteiger partial charge in [0, 0.05) is 5.70 Å². The maximum absolute atomic E-state index is 12.6. The van der Waals surface area contributed by atoms with E-state index in [1.165, 1.54) is 19.2 Å². The summed E-state index contributed by atoms with van der Waals surface area (Å²) in [5.41, 5.74) is 1.05. The second-order valence-electron chi connectivity index (χ2n) is 6.18. The molecule has 1 aliphatic rings. The normalized spacial score (nSPS) is 16.8. The highest BCUT2D eigenvalue weighted by atomic mass is 35.5. The number of hydrogen-bond acceptors (Lipinski definition) is 6. The third kappa shape index (κ3) is 5.05. The number of urea groups is 1. The van der Waals surface area contributed by atoms with E-state index < -0.39 is 18.0 Å². The number of phenolic OH excluding ortho intramolecular Hbond substituents is 1. The number of nitrogens with one attached hydrogen (secondary N) is 2. The molecule has 1 atom stereocenters. The highest BCUT2D eigenvalue weighted by Crippen LogP contribution is 2.39. The molecule has 1 heterocycles. The zero-order chi connectivity index (χ0) is 20.1. The number of ether oxygens (including phenoxy) is 3. The van der Waals surface area contributed by atoms with Gasteiger partial charge in [0.25, 0.3) is 0 Å². The number of benzene rings is 1. The van der Waals surface area contributed by atoms with Gasteiger partial charge in [-0.25, -0.2) is 9.59 Å². The molecule has 0 spiro atoms. The van der Waals surface area contributed by atoms with E-state index in [-0.39, 0.29) is 41.4 Å². The smallest absolute Gasteiger partial charge is 0.338 e. The van der Waals surface area contributed by atoms with Crippen molar-refractivity contribution in [2.24, 2.45) is 0 Å². The van der Waals surface area contributed by atoms with E-state index in [4.69, 9.17) is 25.8 Å². The van der Waals surface area contributed by atoms with E-state index in [1.54, 1.807) is 6.92 Å². The van der Waals surface area contributed by atoms with Crippen LogP contribution in [0, 0.1) is 0 Å². The molecule has 0 bridgehead atoms. The summed E-state index contributed by atoms with van der Waals surface area (Å²) in [5, 5.41) is 15.2. The summed E-state index contributed by atoms with van der Waals surface area (Å²) in [6, 6.07) is 1.67. The van der Waals surface area contributed by atoms with Crippen LogP contribution in [0.15, 0.2) is 23.4 Å². The van der Waals surface area contributed by atoms with Crippen molar-refractivity contribution < 1.29 is 28.9 Å². The van der Waals surface area contributed by atoms with Gasteiger partial charge in [0.2, 0.25) is 0 Å². The zero-order valence-corrected chi connectivity index (χ0v) is 16.3. The maximum Gasteiger partial charge on any atom is 0.338 e. The summed E-state index contributed by atoms with van der Waals surface area (Å²) in [4.78, 5) is 24.5. The van der Waals surface area contributed by atoms with E-state index in [1.807, 2.05) is 13.8 Å². The number of hydrogen-bond donors (Lipinski definition) is 3. The molecule has 0 saturated heterocycles. The van der Waals surface area contributed by atoms with Gasteiger partial charge in [0.15, 0.2) is 11.5 Å². The lowest BCUT2D eigenvalue weighted by molar-refractivity contribution is -0.141. The first kappa shape index (κ1) is 20.9. The van der Waals surface area contributed by atoms with Gasteiger partial charge in [0.1, 0.15) is 6.61 Å². The second-order valence-corrected chi connectivity index (χ2v) is 6.59. The molecule has 1 aromatic rings. The lowest BCUT2D eigenvalue weighted by Crippen LogP contribution is -2.45. The van der Waals surface area contributed by atoms with Crippen molar-refractivity contribution in [3.8, 4) is 11.5 Å². The maximum atomic E-state index is 12.6. The van der Waals surface area contributed by atoms with Crippen molar-refractivity contribution in [2.45, 2.75) is 32.9 Å². The van der Waals surface area contributed by atoms with Crippen LogP contribution in [0.2, 0.25) is 5.02 Å². The Morgan fingerprint density at radius 3 is 2.67 bits per heavy atom. The van der Waals surface area contributed by atoms with Crippen LogP contribution >= 0.6 is 11.6 Å². The number of carbonyl (C=O) groups excluding carboxylic acids is 2. The average molecular weight is 399 g/mol. The summed E-state index contributed by atoms with van der Waals surface area (Å²) in [6.07, 6.45) is 0.0274. The van der Waals surface area contributed by atoms with Gasteiger partial charge in [-0.15, -0.1) is 0 Å². The molecule has 3 N–H and O–H groups in total. The van der Waals surface area contributed by atoms with Crippen LogP contribution in [-0.4, -0.2) is 43.5 Å². The number of esters is 1. The summed E-state index contributed by atoms with van der Waals surface area (Å²) >= 11 is 6.04. The average Bonchev–Trinajstić information content (AvgIpc) is 2.59. The Balaban J connectivity index is 2.30. The molecular weight excluding hydrogens is 376 g/mol. The van der Waals surface area contributed by atoms with Crippen LogP contribution in [0.4, 0.5) is 4.79 Å². The number of aromatic hydroxyl groups is 1. The molecule has 148 valence electrons. The summed E-state index contributed by atoms with van der Waals surface area (Å²) in [5.74, 6) is -0.694. The molecule has 0 saturated carbocycles. The molecule has 2 rings (SSSR count). The van der Waals surface area contributed by atoms with Crippen LogP contribution in [0.5, 0.6) is 11.5 Å². The third-order valence-electron chi connectivity index (χ3n) is 3.86. The topological polar surface area (TPSA) is 106 Å². The number of phenols is 1. The van der Waals surface area contributed by atoms with Gasteiger partial charge in [-0.05, 0) is 38.5 Å². The van der Waals surface area contributed by atoms with Crippen molar-refractivity contribution in [3.63, 3.8) is 0 Å². The highest BCUT2D eigenvalue weighted by Gasteiger charge is 2.33. The van der Waals surface area contributed by atoms with Crippen LogP contribution < -0.4 is 15.4 Å². The molecule has 0 unspecified atom stereocenters. The van der Waals surface area contributed by atoms with Gasteiger partial charge in [0.05, 0.1) is 36.5 Å². The van der Waals surface area contributed by atoms with Crippen molar-refractivity contribution in [3.05, 3.63) is 34.0 Å². The molecular formula is C18H23ClN2O6. The lowest BCUT2D eigenvalue weighted by atomic mass is 9.95. The Bertz CT molecular complexity index is 762. The summed E-state index contributed by atoms with van der Waals surface area (Å²) in [7, 11) is 1.38. The number of carbonyl (C=O) groups is 2. The molecule has 8 nitrogen and oxygen atoms in total. The summed E-state index contributed by atoms with van der Waals surface area (Å²) in [6.45, 7) is 5.71. The van der Waals surface area contributed by atoms with Crippen molar-refractivity contribution in [1.29, 1.82) is 0 Å². The van der Waals surface area contributed by atoms with Crippen molar-refractivity contribution in [2.75, 3.05) is 20.3 Å². The molecule has 1 aliphatic heterocycles. The molecule has 0 radical (unpaired) electrons. The predicted molar refractivity (Wildman–Crippen MR) is 98.8 cm³/mol.